The number of hydrogen-bond donors (Lipinski definition) is 1. The van der Waals surface area contributed by atoms with Gasteiger partial charge in [0.2, 0.25) is 0 Å². The summed E-state index contributed by atoms with van der Waals surface area (Å²) >= 11 is 0. The van der Waals surface area contributed by atoms with Crippen LogP contribution in [-0.4, -0.2) is 37.2 Å². The smallest absolute Gasteiger partial charge is 0.411 e. The fourth-order valence-corrected chi connectivity index (χ4v) is 3.49. The van der Waals surface area contributed by atoms with E-state index in [0.717, 1.165) is 31.0 Å². The van der Waals surface area contributed by atoms with Crippen LogP contribution in [0, 0.1) is 18.6 Å². The third-order valence-electron chi connectivity index (χ3n) is 4.94. The van der Waals surface area contributed by atoms with Crippen LogP contribution < -0.4 is 5.32 Å². The normalized spacial score (nSPS) is 17.1. The number of likely N-dealkylation sites (tertiary alicyclic amines) is 1. The quantitative estimate of drug-likeness (QED) is 0.803. The average molecular weight is 374 g/mol. The molecule has 1 aliphatic heterocycles. The Morgan fingerprint density at radius 3 is 2.63 bits per heavy atom. The lowest BCUT2D eigenvalue weighted by Crippen LogP contribution is -2.27. The number of nitrogens with zero attached hydrogens (tertiary/aromatic N) is 1. The van der Waals surface area contributed by atoms with E-state index in [2.05, 4.69) is 17.3 Å². The molecule has 0 aromatic heterocycles. The minimum absolute atomic E-state index is 0.330. The SMILES string of the molecule is Cc1ccc(NC(=O)OCCC2CCCN2C)c(-c2cc(F)cc(F)c2)c1. The maximum absolute atomic E-state index is 13.6. The van der Waals surface area contributed by atoms with Crippen molar-refractivity contribution in [3.05, 3.63) is 53.6 Å². The van der Waals surface area contributed by atoms with Crippen LogP contribution in [0.1, 0.15) is 24.8 Å². The lowest BCUT2D eigenvalue weighted by molar-refractivity contribution is 0.147. The van der Waals surface area contributed by atoms with Crippen molar-refractivity contribution in [3.63, 3.8) is 0 Å². The summed E-state index contributed by atoms with van der Waals surface area (Å²) < 4.78 is 32.5. The van der Waals surface area contributed by atoms with Gasteiger partial charge in [-0.2, -0.15) is 0 Å². The number of ether oxygens (including phenoxy) is 1. The average Bonchev–Trinajstić information content (AvgIpc) is 3.01. The second kappa shape index (κ2) is 8.48. The summed E-state index contributed by atoms with van der Waals surface area (Å²) in [7, 11) is 2.08. The third-order valence-corrected chi connectivity index (χ3v) is 4.94. The molecule has 1 saturated heterocycles. The highest BCUT2D eigenvalue weighted by Gasteiger charge is 2.21. The van der Waals surface area contributed by atoms with E-state index in [1.54, 1.807) is 12.1 Å². The Balaban J connectivity index is 1.68. The van der Waals surface area contributed by atoms with Crippen LogP contribution in [0.2, 0.25) is 0 Å². The Morgan fingerprint density at radius 1 is 1.22 bits per heavy atom. The number of hydrogen-bond acceptors (Lipinski definition) is 3. The highest BCUT2D eigenvalue weighted by molar-refractivity contribution is 5.91. The minimum Gasteiger partial charge on any atom is -0.449 e. The molecule has 3 rings (SSSR count). The molecule has 144 valence electrons. The van der Waals surface area contributed by atoms with Gasteiger partial charge >= 0.3 is 6.09 Å². The summed E-state index contributed by atoms with van der Waals surface area (Å²) in [5.41, 5.74) is 2.27. The molecule has 1 fully saturated rings. The van der Waals surface area contributed by atoms with E-state index in [9.17, 15) is 13.6 Å². The molecule has 0 radical (unpaired) electrons. The second-order valence-electron chi connectivity index (χ2n) is 7.03. The van der Waals surface area contributed by atoms with Crippen molar-refractivity contribution in [3.8, 4) is 11.1 Å². The first kappa shape index (κ1) is 19.3. The fourth-order valence-electron chi connectivity index (χ4n) is 3.49. The minimum atomic E-state index is -0.666. The summed E-state index contributed by atoms with van der Waals surface area (Å²) in [6.45, 7) is 3.28. The van der Waals surface area contributed by atoms with Crippen molar-refractivity contribution in [2.75, 3.05) is 25.5 Å². The number of halogens is 2. The standard InChI is InChI=1S/C21H24F2N2O2/c1-14-5-6-20(19(10-14)15-11-16(22)13-17(23)12-15)24-21(26)27-9-7-18-4-3-8-25(18)2/h5-6,10-13,18H,3-4,7-9H2,1-2H3,(H,24,26). The predicted octanol–water partition coefficient (Wildman–Crippen LogP) is 4.97. The summed E-state index contributed by atoms with van der Waals surface area (Å²) in [5, 5.41) is 2.69. The van der Waals surface area contributed by atoms with Gasteiger partial charge in [-0.1, -0.05) is 11.6 Å². The molecule has 0 aliphatic carbocycles. The molecular weight excluding hydrogens is 350 g/mol. The Kier molecular flexibility index (Phi) is 6.06. The number of carbonyl (C=O) groups is 1. The van der Waals surface area contributed by atoms with Crippen LogP contribution in [0.15, 0.2) is 36.4 Å². The van der Waals surface area contributed by atoms with E-state index in [1.807, 2.05) is 13.0 Å². The maximum atomic E-state index is 13.6. The van der Waals surface area contributed by atoms with Crippen molar-refractivity contribution in [1.82, 2.24) is 4.90 Å². The summed E-state index contributed by atoms with van der Waals surface area (Å²) in [6.07, 6.45) is 2.51. The highest BCUT2D eigenvalue weighted by atomic mass is 19.1. The lowest BCUT2D eigenvalue weighted by atomic mass is 10.0. The molecule has 0 saturated carbocycles. The fraction of sp³-hybridized carbons (Fsp3) is 0.381. The first-order valence-electron chi connectivity index (χ1n) is 9.13. The Bertz CT molecular complexity index is 806. The van der Waals surface area contributed by atoms with E-state index >= 15 is 0 Å². The maximum Gasteiger partial charge on any atom is 0.411 e. The van der Waals surface area contributed by atoms with Crippen LogP contribution in [-0.2, 0) is 4.74 Å². The van der Waals surface area contributed by atoms with Gasteiger partial charge in [0.1, 0.15) is 11.6 Å². The van der Waals surface area contributed by atoms with Crippen LogP contribution >= 0.6 is 0 Å². The van der Waals surface area contributed by atoms with Crippen LogP contribution in [0.3, 0.4) is 0 Å². The van der Waals surface area contributed by atoms with E-state index < -0.39 is 17.7 Å². The first-order chi connectivity index (χ1) is 12.9. The molecule has 1 heterocycles. The molecule has 4 nitrogen and oxygen atoms in total. The van der Waals surface area contributed by atoms with Gasteiger partial charge in [0, 0.05) is 17.7 Å². The number of carbonyl (C=O) groups excluding carboxylic acids is 1. The van der Waals surface area contributed by atoms with Gasteiger partial charge in [-0.25, -0.2) is 13.6 Å². The highest BCUT2D eigenvalue weighted by Crippen LogP contribution is 2.30. The van der Waals surface area contributed by atoms with E-state index in [1.165, 1.54) is 18.6 Å². The molecule has 0 bridgehead atoms. The zero-order valence-corrected chi connectivity index (χ0v) is 15.6. The number of anilines is 1. The van der Waals surface area contributed by atoms with E-state index in [4.69, 9.17) is 4.74 Å². The van der Waals surface area contributed by atoms with Gasteiger partial charge < -0.3 is 9.64 Å². The Morgan fingerprint density at radius 2 is 1.96 bits per heavy atom. The number of nitrogens with one attached hydrogen (secondary N) is 1. The predicted molar refractivity (Wildman–Crippen MR) is 102 cm³/mol. The van der Waals surface area contributed by atoms with Crippen LogP contribution in [0.25, 0.3) is 11.1 Å². The number of aryl methyl sites for hydroxylation is 1. The van der Waals surface area contributed by atoms with Crippen molar-refractivity contribution in [2.24, 2.45) is 0 Å². The van der Waals surface area contributed by atoms with Crippen molar-refractivity contribution in [2.45, 2.75) is 32.2 Å². The first-order valence-corrected chi connectivity index (χ1v) is 9.13. The molecule has 2 aromatic rings. The molecule has 1 unspecified atom stereocenters. The number of amides is 1. The Labute approximate surface area is 158 Å². The largest absolute Gasteiger partial charge is 0.449 e. The Hall–Kier alpha value is -2.47. The summed E-state index contributed by atoms with van der Waals surface area (Å²) in [4.78, 5) is 14.5. The van der Waals surface area contributed by atoms with Gasteiger partial charge in [0.15, 0.2) is 0 Å². The van der Waals surface area contributed by atoms with E-state index in [0.29, 0.717) is 29.5 Å². The van der Waals surface area contributed by atoms with Crippen molar-refractivity contribution < 1.29 is 18.3 Å². The lowest BCUT2D eigenvalue weighted by Gasteiger charge is -2.19. The van der Waals surface area contributed by atoms with Crippen molar-refractivity contribution in [1.29, 1.82) is 0 Å². The molecule has 1 amide bonds. The summed E-state index contributed by atoms with van der Waals surface area (Å²) in [5.74, 6) is -1.33. The van der Waals surface area contributed by atoms with Gasteiger partial charge in [0.05, 0.1) is 12.3 Å². The van der Waals surface area contributed by atoms with Crippen LogP contribution in [0.5, 0.6) is 0 Å². The second-order valence-corrected chi connectivity index (χ2v) is 7.03. The molecule has 0 spiro atoms. The molecule has 6 heteroatoms. The topological polar surface area (TPSA) is 41.6 Å². The monoisotopic (exact) mass is 374 g/mol. The van der Waals surface area contributed by atoms with Gasteiger partial charge in [-0.15, -0.1) is 0 Å². The third kappa shape index (κ3) is 5.04. The number of rotatable bonds is 5. The molecule has 1 atom stereocenters. The molecule has 1 aliphatic rings. The van der Waals surface area contributed by atoms with Crippen LogP contribution in [0.4, 0.5) is 19.3 Å². The number of benzene rings is 2. The van der Waals surface area contributed by atoms with Gasteiger partial charge in [-0.05, 0) is 69.6 Å². The molecule has 2 aromatic carbocycles. The summed E-state index contributed by atoms with van der Waals surface area (Å²) in [6, 6.07) is 9.05. The molecular formula is C21H24F2N2O2. The zero-order chi connectivity index (χ0) is 19.4. The molecule has 27 heavy (non-hydrogen) atoms. The van der Waals surface area contributed by atoms with Crippen molar-refractivity contribution >= 4 is 11.8 Å². The van der Waals surface area contributed by atoms with Gasteiger partial charge in [-0.3, -0.25) is 5.32 Å². The van der Waals surface area contributed by atoms with E-state index in [-0.39, 0.29) is 0 Å². The molecule has 1 N–H and O–H groups in total. The van der Waals surface area contributed by atoms with Gasteiger partial charge in [0.25, 0.3) is 0 Å². The zero-order valence-electron chi connectivity index (χ0n) is 15.6.